The number of nitrogens with zero attached hydrogens (tertiary/aromatic N) is 3. The number of aryl methyl sites for hydroxylation is 1. The second kappa shape index (κ2) is 7.09. The maximum Gasteiger partial charge on any atom is 0.174 e. The van der Waals surface area contributed by atoms with Crippen LogP contribution in [0.3, 0.4) is 0 Å². The highest BCUT2D eigenvalue weighted by Gasteiger charge is 2.17. The Labute approximate surface area is 159 Å². The molecule has 0 atom stereocenters. The van der Waals surface area contributed by atoms with Gasteiger partial charge in [0.25, 0.3) is 0 Å². The zero-order chi connectivity index (χ0) is 18.1. The van der Waals surface area contributed by atoms with Gasteiger partial charge < -0.3 is 8.98 Å². The van der Waals surface area contributed by atoms with Gasteiger partial charge >= 0.3 is 0 Å². The summed E-state index contributed by atoms with van der Waals surface area (Å²) in [5.41, 5.74) is 2.78. The Bertz CT molecular complexity index is 1060. The molecular weight excluding hydrogens is 366 g/mol. The zero-order valence-corrected chi connectivity index (χ0v) is 16.1. The number of thiophene rings is 1. The van der Waals surface area contributed by atoms with Gasteiger partial charge in [0.2, 0.25) is 0 Å². The lowest BCUT2D eigenvalue weighted by molar-refractivity contribution is 0.102. The van der Waals surface area contributed by atoms with Crippen LogP contribution in [0, 0.1) is 13.8 Å². The molecule has 0 saturated heterocycles. The summed E-state index contributed by atoms with van der Waals surface area (Å²) < 4.78 is 7.54. The summed E-state index contributed by atoms with van der Waals surface area (Å²) in [4.78, 5) is 22.3. The summed E-state index contributed by atoms with van der Waals surface area (Å²) in [7, 11) is 0. The molecule has 0 saturated carbocycles. The van der Waals surface area contributed by atoms with Crippen LogP contribution in [0.5, 0.6) is 0 Å². The summed E-state index contributed by atoms with van der Waals surface area (Å²) in [5, 5.41) is 3.86. The number of rotatable bonds is 6. The third-order valence-electron chi connectivity index (χ3n) is 4.33. The van der Waals surface area contributed by atoms with E-state index in [2.05, 4.69) is 14.5 Å². The zero-order valence-electron chi connectivity index (χ0n) is 14.4. The Hall–Kier alpha value is -2.38. The highest BCUT2D eigenvalue weighted by Crippen LogP contribution is 2.28. The van der Waals surface area contributed by atoms with Gasteiger partial charge in [-0.1, -0.05) is 11.8 Å². The van der Waals surface area contributed by atoms with Gasteiger partial charge in [-0.3, -0.25) is 4.79 Å². The maximum absolute atomic E-state index is 12.8. The summed E-state index contributed by atoms with van der Waals surface area (Å²) in [6, 6.07) is 7.78. The number of aromatic nitrogens is 3. The topological polar surface area (TPSA) is 60.9 Å². The van der Waals surface area contributed by atoms with Crippen LogP contribution >= 0.6 is 23.1 Å². The molecule has 5 nitrogen and oxygen atoms in total. The number of fused-ring (bicyclic) bond motifs is 1. The van der Waals surface area contributed by atoms with E-state index in [4.69, 9.17) is 4.42 Å². The second-order valence-electron chi connectivity index (χ2n) is 5.98. The summed E-state index contributed by atoms with van der Waals surface area (Å²) in [6.07, 6.45) is 3.22. The molecule has 132 valence electrons. The summed E-state index contributed by atoms with van der Waals surface area (Å²) >= 11 is 3.04. The van der Waals surface area contributed by atoms with Gasteiger partial charge in [0.15, 0.2) is 5.78 Å². The van der Waals surface area contributed by atoms with Crippen molar-refractivity contribution in [1.29, 1.82) is 0 Å². The number of ketones is 1. The highest BCUT2D eigenvalue weighted by molar-refractivity contribution is 8.00. The molecule has 4 aromatic rings. The fourth-order valence-corrected chi connectivity index (χ4v) is 4.64. The molecule has 0 amide bonds. The van der Waals surface area contributed by atoms with E-state index < -0.39 is 0 Å². The van der Waals surface area contributed by atoms with Gasteiger partial charge in [-0.05, 0) is 43.5 Å². The molecule has 26 heavy (non-hydrogen) atoms. The molecular formula is C19H17N3O2S2. The minimum absolute atomic E-state index is 0.107. The predicted molar refractivity (Wildman–Crippen MR) is 104 cm³/mol. The summed E-state index contributed by atoms with van der Waals surface area (Å²) in [5.74, 6) is 1.34. The average molecular weight is 383 g/mol. The van der Waals surface area contributed by atoms with Crippen molar-refractivity contribution in [2.75, 3.05) is 5.75 Å². The van der Waals surface area contributed by atoms with Gasteiger partial charge in [-0.15, -0.1) is 11.3 Å². The molecule has 0 aromatic carbocycles. The Morgan fingerprint density at radius 3 is 3.00 bits per heavy atom. The lowest BCUT2D eigenvalue weighted by Gasteiger charge is -2.08. The molecule has 0 N–H and O–H groups in total. The van der Waals surface area contributed by atoms with E-state index in [-0.39, 0.29) is 5.78 Å². The molecule has 4 heterocycles. The van der Waals surface area contributed by atoms with Gasteiger partial charge in [-0.25, -0.2) is 9.97 Å². The van der Waals surface area contributed by atoms with Crippen molar-refractivity contribution >= 4 is 39.1 Å². The normalized spacial score (nSPS) is 11.3. The number of hydrogen-bond acceptors (Lipinski definition) is 6. The largest absolute Gasteiger partial charge is 0.467 e. The predicted octanol–water partition coefficient (Wildman–Crippen LogP) is 4.73. The smallest absolute Gasteiger partial charge is 0.174 e. The van der Waals surface area contributed by atoms with Crippen LogP contribution in [-0.4, -0.2) is 26.1 Å². The summed E-state index contributed by atoms with van der Waals surface area (Å²) in [6.45, 7) is 4.63. The minimum atomic E-state index is 0.107. The molecule has 0 unspecified atom stereocenters. The molecule has 0 aliphatic carbocycles. The van der Waals surface area contributed by atoms with Crippen molar-refractivity contribution in [2.24, 2.45) is 0 Å². The number of Topliss-reactive ketones (excluding diaryl/α,β-unsaturated/α-hetero) is 1. The Morgan fingerprint density at radius 1 is 1.31 bits per heavy atom. The quantitative estimate of drug-likeness (QED) is 0.274. The Morgan fingerprint density at radius 2 is 2.19 bits per heavy atom. The van der Waals surface area contributed by atoms with Crippen molar-refractivity contribution in [3.63, 3.8) is 0 Å². The first-order chi connectivity index (χ1) is 12.6. The van der Waals surface area contributed by atoms with Crippen molar-refractivity contribution in [3.8, 4) is 0 Å². The van der Waals surface area contributed by atoms with Crippen LogP contribution in [0.2, 0.25) is 0 Å². The van der Waals surface area contributed by atoms with E-state index in [0.29, 0.717) is 12.3 Å². The second-order valence-corrected chi connectivity index (χ2v) is 7.84. The van der Waals surface area contributed by atoms with Crippen LogP contribution < -0.4 is 0 Å². The van der Waals surface area contributed by atoms with Crippen LogP contribution in [0.4, 0.5) is 0 Å². The van der Waals surface area contributed by atoms with Crippen molar-refractivity contribution < 1.29 is 9.21 Å². The molecule has 4 aromatic heterocycles. The number of hydrogen-bond donors (Lipinski definition) is 0. The maximum atomic E-state index is 12.8. The first-order valence-electron chi connectivity index (χ1n) is 8.17. The molecule has 0 radical (unpaired) electrons. The first-order valence-corrected chi connectivity index (χ1v) is 10.0. The van der Waals surface area contributed by atoms with Crippen LogP contribution in [-0.2, 0) is 6.54 Å². The molecule has 0 aliphatic heterocycles. The van der Waals surface area contributed by atoms with E-state index in [1.807, 2.05) is 43.5 Å². The lowest BCUT2D eigenvalue weighted by atomic mass is 10.2. The fourth-order valence-electron chi connectivity index (χ4n) is 2.98. The van der Waals surface area contributed by atoms with Crippen LogP contribution in [0.15, 0.2) is 51.7 Å². The molecule has 0 fully saturated rings. The first kappa shape index (κ1) is 17.1. The number of thioether (sulfide) groups is 1. The minimum Gasteiger partial charge on any atom is -0.467 e. The molecule has 4 rings (SSSR count). The van der Waals surface area contributed by atoms with Crippen LogP contribution in [0.25, 0.3) is 10.2 Å². The Balaban J connectivity index is 1.52. The fraction of sp³-hybridized carbons (Fsp3) is 0.211. The van der Waals surface area contributed by atoms with Gasteiger partial charge in [0.1, 0.15) is 21.9 Å². The van der Waals surface area contributed by atoms with E-state index in [9.17, 15) is 4.79 Å². The van der Waals surface area contributed by atoms with E-state index in [0.717, 1.165) is 38.0 Å². The third kappa shape index (κ3) is 3.20. The molecule has 0 bridgehead atoms. The van der Waals surface area contributed by atoms with Gasteiger partial charge in [0.05, 0.1) is 18.6 Å². The number of furan rings is 1. The van der Waals surface area contributed by atoms with E-state index in [1.165, 1.54) is 11.8 Å². The SMILES string of the molecule is Cc1cc(C(=O)CSc2ncnc3sccc23)c(C)n1Cc1ccco1. The molecule has 0 aliphatic rings. The molecule has 7 heteroatoms. The van der Waals surface area contributed by atoms with Crippen molar-refractivity contribution in [2.45, 2.75) is 25.4 Å². The van der Waals surface area contributed by atoms with Crippen molar-refractivity contribution in [1.82, 2.24) is 14.5 Å². The number of carbonyl (C=O) groups is 1. The highest BCUT2D eigenvalue weighted by atomic mass is 32.2. The average Bonchev–Trinajstić information content (AvgIpc) is 3.37. The lowest BCUT2D eigenvalue weighted by Crippen LogP contribution is -2.07. The Kier molecular flexibility index (Phi) is 4.65. The van der Waals surface area contributed by atoms with E-state index in [1.54, 1.807) is 23.9 Å². The molecule has 0 spiro atoms. The third-order valence-corrected chi connectivity index (χ3v) is 6.16. The standard InChI is InChI=1S/C19H17N3O2S2/c1-12-8-16(13(2)22(12)9-14-4-3-6-24-14)17(23)10-26-19-15-5-7-25-18(15)20-11-21-19/h3-8,11H,9-10H2,1-2H3. The monoisotopic (exact) mass is 383 g/mol. The van der Waals surface area contributed by atoms with Crippen molar-refractivity contribution in [3.05, 3.63) is 64.9 Å². The van der Waals surface area contributed by atoms with Gasteiger partial charge in [-0.2, -0.15) is 0 Å². The number of carbonyl (C=O) groups excluding carboxylic acids is 1. The van der Waals surface area contributed by atoms with Gasteiger partial charge in [0, 0.05) is 22.3 Å². The van der Waals surface area contributed by atoms with E-state index >= 15 is 0 Å². The van der Waals surface area contributed by atoms with Crippen LogP contribution in [0.1, 0.15) is 27.5 Å².